The van der Waals surface area contributed by atoms with Crippen molar-refractivity contribution in [3.05, 3.63) is 35.4 Å². The second-order valence-electron chi connectivity index (χ2n) is 5.64. The van der Waals surface area contributed by atoms with Gasteiger partial charge in [0.15, 0.2) is 0 Å². The average molecular weight is 295 g/mol. The molecular formula is C15H19F2N3O. The number of benzene rings is 1. The lowest BCUT2D eigenvalue weighted by molar-refractivity contribution is -0.132. The number of hydrogen-bond donors (Lipinski definition) is 1. The topological polar surface area (TPSA) is 35.6 Å². The first-order chi connectivity index (χ1) is 10.1. The summed E-state index contributed by atoms with van der Waals surface area (Å²) in [6.07, 6.45) is -0.00288. The molecule has 114 valence electrons. The molecule has 6 heteroatoms. The first-order valence-electron chi connectivity index (χ1n) is 7.30. The lowest BCUT2D eigenvalue weighted by Gasteiger charge is -2.43. The van der Waals surface area contributed by atoms with Crippen LogP contribution in [0.3, 0.4) is 0 Å². The van der Waals surface area contributed by atoms with Gasteiger partial charge in [-0.05, 0) is 11.6 Å². The zero-order valence-electron chi connectivity index (χ0n) is 11.8. The lowest BCUT2D eigenvalue weighted by Crippen LogP contribution is -2.62. The molecule has 3 rings (SSSR count). The van der Waals surface area contributed by atoms with Crippen molar-refractivity contribution in [3.63, 3.8) is 0 Å². The van der Waals surface area contributed by atoms with Crippen molar-refractivity contribution in [1.82, 2.24) is 15.1 Å². The van der Waals surface area contributed by atoms with Crippen LogP contribution in [0.5, 0.6) is 0 Å². The molecule has 2 heterocycles. The van der Waals surface area contributed by atoms with Crippen LogP contribution < -0.4 is 5.32 Å². The van der Waals surface area contributed by atoms with E-state index in [2.05, 4.69) is 10.2 Å². The summed E-state index contributed by atoms with van der Waals surface area (Å²) in [5.41, 5.74) is 0.257. The minimum atomic E-state index is -0.650. The summed E-state index contributed by atoms with van der Waals surface area (Å²) in [7, 11) is 0. The van der Waals surface area contributed by atoms with E-state index in [0.717, 1.165) is 32.2 Å². The average Bonchev–Trinajstić information content (AvgIpc) is 2.41. The number of carbonyl (C=O) groups excluding carboxylic acids is 1. The molecule has 0 unspecified atom stereocenters. The summed E-state index contributed by atoms with van der Waals surface area (Å²) >= 11 is 0. The van der Waals surface area contributed by atoms with Gasteiger partial charge >= 0.3 is 0 Å². The molecule has 1 aromatic carbocycles. The summed E-state index contributed by atoms with van der Waals surface area (Å²) in [4.78, 5) is 16.4. The van der Waals surface area contributed by atoms with Crippen LogP contribution >= 0.6 is 0 Å². The molecule has 1 aromatic rings. The van der Waals surface area contributed by atoms with Gasteiger partial charge in [-0.25, -0.2) is 8.78 Å². The monoisotopic (exact) mass is 295 g/mol. The van der Waals surface area contributed by atoms with E-state index >= 15 is 0 Å². The van der Waals surface area contributed by atoms with Crippen LogP contribution in [0.2, 0.25) is 0 Å². The van der Waals surface area contributed by atoms with Crippen LogP contribution in [0.25, 0.3) is 0 Å². The number of hydrogen-bond acceptors (Lipinski definition) is 3. The highest BCUT2D eigenvalue weighted by Gasteiger charge is 2.29. The molecule has 1 amide bonds. The smallest absolute Gasteiger partial charge is 0.227 e. The van der Waals surface area contributed by atoms with Crippen molar-refractivity contribution in [1.29, 1.82) is 0 Å². The first-order valence-corrected chi connectivity index (χ1v) is 7.30. The highest BCUT2D eigenvalue weighted by atomic mass is 19.1. The molecule has 0 spiro atoms. The molecular weight excluding hydrogens is 276 g/mol. The van der Waals surface area contributed by atoms with Gasteiger partial charge in [-0.3, -0.25) is 9.69 Å². The van der Waals surface area contributed by atoms with Crippen LogP contribution in [-0.2, 0) is 11.2 Å². The fourth-order valence-electron chi connectivity index (χ4n) is 2.81. The van der Waals surface area contributed by atoms with Gasteiger partial charge in [0.2, 0.25) is 5.91 Å². The zero-order valence-corrected chi connectivity index (χ0v) is 11.8. The second kappa shape index (κ2) is 6.07. The third-order valence-electron chi connectivity index (χ3n) is 4.30. The Hall–Kier alpha value is -1.53. The van der Waals surface area contributed by atoms with E-state index in [4.69, 9.17) is 0 Å². The predicted octanol–water partition coefficient (Wildman–Crippen LogP) is 0.623. The molecule has 2 aliphatic heterocycles. The fourth-order valence-corrected chi connectivity index (χ4v) is 2.81. The van der Waals surface area contributed by atoms with Crippen LogP contribution in [0, 0.1) is 11.6 Å². The van der Waals surface area contributed by atoms with Crippen molar-refractivity contribution in [2.75, 3.05) is 39.3 Å². The molecule has 0 bridgehead atoms. The van der Waals surface area contributed by atoms with Crippen molar-refractivity contribution < 1.29 is 13.6 Å². The molecule has 2 fully saturated rings. The standard InChI is InChI=1S/C15H19F2N3O/c16-12-2-1-11(14(17)8-12)7-15(21)20-5-3-19(4-6-20)13-9-18-10-13/h1-2,8,13,18H,3-7,9-10H2. The van der Waals surface area contributed by atoms with E-state index in [9.17, 15) is 13.6 Å². The third kappa shape index (κ3) is 3.22. The Kier molecular flexibility index (Phi) is 4.17. The highest BCUT2D eigenvalue weighted by Crippen LogP contribution is 2.14. The molecule has 0 atom stereocenters. The van der Waals surface area contributed by atoms with E-state index < -0.39 is 11.6 Å². The number of halogens is 2. The van der Waals surface area contributed by atoms with Crippen LogP contribution in [-0.4, -0.2) is 61.0 Å². The summed E-state index contributed by atoms with van der Waals surface area (Å²) < 4.78 is 26.4. The van der Waals surface area contributed by atoms with E-state index in [-0.39, 0.29) is 17.9 Å². The quantitative estimate of drug-likeness (QED) is 0.888. The Balaban J connectivity index is 1.54. The molecule has 0 aliphatic carbocycles. The van der Waals surface area contributed by atoms with Gasteiger partial charge in [0, 0.05) is 51.4 Å². The number of nitrogens with zero attached hydrogens (tertiary/aromatic N) is 2. The number of piperazine rings is 1. The SMILES string of the molecule is O=C(Cc1ccc(F)cc1F)N1CCN(C2CNC2)CC1. The van der Waals surface area contributed by atoms with E-state index in [1.165, 1.54) is 12.1 Å². The van der Waals surface area contributed by atoms with Gasteiger partial charge in [-0.1, -0.05) is 6.07 Å². The number of carbonyl (C=O) groups is 1. The minimum Gasteiger partial charge on any atom is -0.340 e. The summed E-state index contributed by atoms with van der Waals surface area (Å²) in [5.74, 6) is -1.36. The van der Waals surface area contributed by atoms with E-state index in [1.807, 2.05) is 0 Å². The molecule has 0 aromatic heterocycles. The molecule has 0 saturated carbocycles. The maximum Gasteiger partial charge on any atom is 0.227 e. The zero-order chi connectivity index (χ0) is 14.8. The van der Waals surface area contributed by atoms with E-state index in [0.29, 0.717) is 19.1 Å². The Morgan fingerprint density at radius 1 is 1.19 bits per heavy atom. The van der Waals surface area contributed by atoms with Gasteiger partial charge in [0.1, 0.15) is 11.6 Å². The van der Waals surface area contributed by atoms with Crippen molar-refractivity contribution in [3.8, 4) is 0 Å². The predicted molar refractivity (Wildman–Crippen MR) is 74.9 cm³/mol. The Morgan fingerprint density at radius 2 is 1.90 bits per heavy atom. The summed E-state index contributed by atoms with van der Waals surface area (Å²) in [6, 6.07) is 3.95. The van der Waals surface area contributed by atoms with Gasteiger partial charge in [-0.2, -0.15) is 0 Å². The van der Waals surface area contributed by atoms with Crippen LogP contribution in [0.1, 0.15) is 5.56 Å². The lowest BCUT2D eigenvalue weighted by atomic mass is 10.1. The van der Waals surface area contributed by atoms with Gasteiger partial charge in [0.05, 0.1) is 6.42 Å². The van der Waals surface area contributed by atoms with Gasteiger partial charge in [0.25, 0.3) is 0 Å². The van der Waals surface area contributed by atoms with E-state index in [1.54, 1.807) is 4.90 Å². The van der Waals surface area contributed by atoms with Crippen molar-refractivity contribution in [2.45, 2.75) is 12.5 Å². The summed E-state index contributed by atoms with van der Waals surface area (Å²) in [6.45, 7) is 5.13. The molecule has 2 saturated heterocycles. The number of rotatable bonds is 3. The van der Waals surface area contributed by atoms with Gasteiger partial charge < -0.3 is 10.2 Å². The largest absolute Gasteiger partial charge is 0.340 e. The molecule has 21 heavy (non-hydrogen) atoms. The molecule has 2 aliphatic rings. The highest BCUT2D eigenvalue weighted by molar-refractivity contribution is 5.79. The Bertz CT molecular complexity index is 526. The summed E-state index contributed by atoms with van der Waals surface area (Å²) in [5, 5.41) is 3.24. The Morgan fingerprint density at radius 3 is 2.48 bits per heavy atom. The molecule has 1 N–H and O–H groups in total. The first kappa shape index (κ1) is 14.4. The maximum absolute atomic E-state index is 13.6. The van der Waals surface area contributed by atoms with Crippen molar-refractivity contribution in [2.24, 2.45) is 0 Å². The molecule has 4 nitrogen and oxygen atoms in total. The number of amides is 1. The molecule has 0 radical (unpaired) electrons. The third-order valence-corrected chi connectivity index (χ3v) is 4.30. The van der Waals surface area contributed by atoms with Crippen LogP contribution in [0.15, 0.2) is 18.2 Å². The maximum atomic E-state index is 13.6. The van der Waals surface area contributed by atoms with Gasteiger partial charge in [-0.15, -0.1) is 0 Å². The minimum absolute atomic E-state index is 0.00288. The Labute approximate surface area is 122 Å². The number of nitrogens with one attached hydrogen (secondary N) is 1. The van der Waals surface area contributed by atoms with Crippen LogP contribution in [0.4, 0.5) is 8.78 Å². The second-order valence-corrected chi connectivity index (χ2v) is 5.64. The fraction of sp³-hybridized carbons (Fsp3) is 0.533. The van der Waals surface area contributed by atoms with Crippen molar-refractivity contribution >= 4 is 5.91 Å². The normalized spacial score (nSPS) is 20.4.